The number of nitrogens with one attached hydrogen (secondary N) is 3. The number of hydrogen-bond acceptors (Lipinski definition) is 10. The van der Waals surface area contributed by atoms with Crippen molar-refractivity contribution in [1.29, 1.82) is 0 Å². The summed E-state index contributed by atoms with van der Waals surface area (Å²) in [7, 11) is 1.56. The zero-order valence-corrected chi connectivity index (χ0v) is 19.2. The molecule has 2 fully saturated rings. The van der Waals surface area contributed by atoms with E-state index in [-0.39, 0.29) is 35.3 Å². The molecule has 5 rings (SSSR count). The SMILES string of the molecule is COc1ccc(=O)n(-c2ccc(N[C@H]3CC[C@H](Nc4ncc(C(=O)NC5COC5)nn4)C3)nc2)c1. The van der Waals surface area contributed by atoms with E-state index in [0.29, 0.717) is 30.6 Å². The molecular formula is C23H26N8O4. The van der Waals surface area contributed by atoms with Gasteiger partial charge in [-0.2, -0.15) is 0 Å². The molecule has 1 aliphatic heterocycles. The molecule has 1 amide bonds. The number of amides is 1. The largest absolute Gasteiger partial charge is 0.495 e. The molecule has 1 saturated heterocycles. The molecule has 3 N–H and O–H groups in total. The molecule has 4 heterocycles. The van der Waals surface area contributed by atoms with E-state index < -0.39 is 0 Å². The molecule has 35 heavy (non-hydrogen) atoms. The Morgan fingerprint density at radius 2 is 1.86 bits per heavy atom. The second kappa shape index (κ2) is 10.1. The van der Waals surface area contributed by atoms with Crippen LogP contribution in [0.1, 0.15) is 29.8 Å². The predicted molar refractivity (Wildman–Crippen MR) is 127 cm³/mol. The first kappa shape index (κ1) is 22.7. The van der Waals surface area contributed by atoms with Gasteiger partial charge in [-0.05, 0) is 37.5 Å². The molecule has 0 aromatic carbocycles. The molecule has 0 unspecified atom stereocenters. The van der Waals surface area contributed by atoms with Gasteiger partial charge in [0.25, 0.3) is 11.5 Å². The van der Waals surface area contributed by atoms with Crippen LogP contribution in [0.15, 0.2) is 47.7 Å². The standard InChI is InChI=1S/C23H26N8O4/c1-34-18-5-7-21(32)31(11-18)17-4-6-20(24-9-17)26-14-2-3-15(8-14)28-23-25-10-19(29-30-23)22(33)27-16-12-35-13-16/h4-7,9-11,14-16H,2-3,8,12-13H2,1H3,(H,24,26)(H,27,33)(H,25,28,30)/t14-,15-/m0/s1. The molecule has 2 aliphatic rings. The summed E-state index contributed by atoms with van der Waals surface area (Å²) in [5.74, 6) is 1.42. The van der Waals surface area contributed by atoms with Crippen molar-refractivity contribution < 1.29 is 14.3 Å². The van der Waals surface area contributed by atoms with Crippen molar-refractivity contribution >= 4 is 17.7 Å². The topological polar surface area (TPSA) is 145 Å². The first-order valence-corrected chi connectivity index (χ1v) is 11.4. The van der Waals surface area contributed by atoms with Crippen LogP contribution >= 0.6 is 0 Å². The van der Waals surface area contributed by atoms with Crippen molar-refractivity contribution in [3.05, 3.63) is 58.9 Å². The predicted octanol–water partition coefficient (Wildman–Crippen LogP) is 1.000. The van der Waals surface area contributed by atoms with E-state index >= 15 is 0 Å². The van der Waals surface area contributed by atoms with Gasteiger partial charge >= 0.3 is 0 Å². The summed E-state index contributed by atoms with van der Waals surface area (Å²) in [6.45, 7) is 1.04. The summed E-state index contributed by atoms with van der Waals surface area (Å²) >= 11 is 0. The molecule has 3 aromatic heterocycles. The Bertz CT molecular complexity index is 1230. The maximum absolute atomic E-state index is 12.2. The van der Waals surface area contributed by atoms with Crippen LogP contribution in [0.4, 0.5) is 11.8 Å². The Labute approximate surface area is 201 Å². The summed E-state index contributed by atoms with van der Waals surface area (Å²) in [6, 6.07) is 7.22. The number of methoxy groups -OCH3 is 1. The number of nitrogens with zero attached hydrogens (tertiary/aromatic N) is 5. The molecule has 182 valence electrons. The molecule has 0 spiro atoms. The zero-order valence-electron chi connectivity index (χ0n) is 19.2. The van der Waals surface area contributed by atoms with Crippen molar-refractivity contribution in [2.45, 2.75) is 37.4 Å². The second-order valence-corrected chi connectivity index (χ2v) is 8.55. The smallest absolute Gasteiger partial charge is 0.273 e. The van der Waals surface area contributed by atoms with Crippen LogP contribution in [0.3, 0.4) is 0 Å². The van der Waals surface area contributed by atoms with Gasteiger partial charge in [0, 0.05) is 18.2 Å². The Morgan fingerprint density at radius 3 is 2.51 bits per heavy atom. The molecule has 2 atom stereocenters. The monoisotopic (exact) mass is 478 g/mol. The Kier molecular flexibility index (Phi) is 6.53. The van der Waals surface area contributed by atoms with Crippen molar-refractivity contribution in [2.24, 2.45) is 0 Å². The van der Waals surface area contributed by atoms with E-state index in [1.54, 1.807) is 25.6 Å². The third-order valence-corrected chi connectivity index (χ3v) is 6.03. The number of ether oxygens (including phenoxy) is 2. The maximum Gasteiger partial charge on any atom is 0.273 e. The van der Waals surface area contributed by atoms with E-state index in [1.165, 1.54) is 16.8 Å². The Morgan fingerprint density at radius 1 is 1.03 bits per heavy atom. The van der Waals surface area contributed by atoms with Crippen LogP contribution in [-0.4, -0.2) is 69.1 Å². The minimum Gasteiger partial charge on any atom is -0.495 e. The van der Waals surface area contributed by atoms with Crippen molar-refractivity contribution in [3.63, 3.8) is 0 Å². The molecule has 0 bridgehead atoms. The van der Waals surface area contributed by atoms with E-state index in [4.69, 9.17) is 9.47 Å². The average Bonchev–Trinajstić information content (AvgIpc) is 3.29. The highest BCUT2D eigenvalue weighted by atomic mass is 16.5. The van der Waals surface area contributed by atoms with Gasteiger partial charge in [0.1, 0.15) is 11.6 Å². The van der Waals surface area contributed by atoms with Gasteiger partial charge in [0.15, 0.2) is 5.69 Å². The highest BCUT2D eigenvalue weighted by Gasteiger charge is 2.26. The second-order valence-electron chi connectivity index (χ2n) is 8.55. The van der Waals surface area contributed by atoms with E-state index in [9.17, 15) is 9.59 Å². The lowest BCUT2D eigenvalue weighted by Gasteiger charge is -2.26. The maximum atomic E-state index is 12.2. The van der Waals surface area contributed by atoms with Gasteiger partial charge < -0.3 is 25.4 Å². The van der Waals surface area contributed by atoms with Crippen LogP contribution in [0.2, 0.25) is 0 Å². The average molecular weight is 479 g/mol. The lowest BCUT2D eigenvalue weighted by molar-refractivity contribution is -0.00357. The van der Waals surface area contributed by atoms with Crippen LogP contribution in [0.5, 0.6) is 5.75 Å². The summed E-state index contributed by atoms with van der Waals surface area (Å²) in [5, 5.41) is 17.6. The zero-order chi connectivity index (χ0) is 24.2. The number of pyridine rings is 2. The van der Waals surface area contributed by atoms with E-state index in [0.717, 1.165) is 25.1 Å². The van der Waals surface area contributed by atoms with Crippen LogP contribution in [0.25, 0.3) is 5.69 Å². The summed E-state index contributed by atoms with van der Waals surface area (Å²) in [4.78, 5) is 33.0. The molecule has 12 heteroatoms. The first-order valence-electron chi connectivity index (χ1n) is 11.4. The van der Waals surface area contributed by atoms with Crippen molar-refractivity contribution in [3.8, 4) is 11.4 Å². The van der Waals surface area contributed by atoms with E-state index in [1.807, 2.05) is 12.1 Å². The van der Waals surface area contributed by atoms with Gasteiger partial charge in [0.05, 0.1) is 50.6 Å². The quantitative estimate of drug-likeness (QED) is 0.429. The minimum atomic E-state index is -0.301. The molecule has 1 saturated carbocycles. The third kappa shape index (κ3) is 5.38. The third-order valence-electron chi connectivity index (χ3n) is 6.03. The number of hydrogen-bond donors (Lipinski definition) is 3. The number of carbonyl (C=O) groups is 1. The summed E-state index contributed by atoms with van der Waals surface area (Å²) < 4.78 is 11.7. The number of rotatable bonds is 8. The summed E-state index contributed by atoms with van der Waals surface area (Å²) in [6.07, 6.45) is 7.46. The summed E-state index contributed by atoms with van der Waals surface area (Å²) in [5.41, 5.74) is 0.684. The van der Waals surface area contributed by atoms with Crippen LogP contribution in [0, 0.1) is 0 Å². The Balaban J connectivity index is 1.13. The van der Waals surface area contributed by atoms with Crippen molar-refractivity contribution in [2.75, 3.05) is 31.0 Å². The van der Waals surface area contributed by atoms with Gasteiger partial charge in [-0.25, -0.2) is 9.97 Å². The van der Waals surface area contributed by atoms with Gasteiger partial charge in [-0.15, -0.1) is 10.2 Å². The van der Waals surface area contributed by atoms with Crippen LogP contribution in [-0.2, 0) is 4.74 Å². The first-order chi connectivity index (χ1) is 17.1. The molecule has 3 aromatic rings. The van der Waals surface area contributed by atoms with Gasteiger partial charge in [-0.3, -0.25) is 14.2 Å². The fourth-order valence-electron chi connectivity index (χ4n) is 4.06. The number of anilines is 2. The fourth-order valence-corrected chi connectivity index (χ4v) is 4.06. The van der Waals surface area contributed by atoms with Crippen molar-refractivity contribution in [1.82, 2.24) is 30.0 Å². The lowest BCUT2D eigenvalue weighted by Crippen LogP contribution is -2.48. The highest BCUT2D eigenvalue weighted by Crippen LogP contribution is 2.24. The lowest BCUT2D eigenvalue weighted by atomic mass is 10.2. The van der Waals surface area contributed by atoms with Crippen LogP contribution < -0.4 is 26.2 Å². The molecule has 12 nitrogen and oxygen atoms in total. The van der Waals surface area contributed by atoms with E-state index in [2.05, 4.69) is 36.1 Å². The van der Waals surface area contributed by atoms with Gasteiger partial charge in [0.2, 0.25) is 5.95 Å². The molecule has 0 radical (unpaired) electrons. The Hall–Kier alpha value is -4.06. The number of aromatic nitrogens is 5. The van der Waals surface area contributed by atoms with Gasteiger partial charge in [-0.1, -0.05) is 0 Å². The number of carbonyl (C=O) groups excluding carboxylic acids is 1. The normalized spacial score (nSPS) is 19.6. The molecular weight excluding hydrogens is 452 g/mol. The highest BCUT2D eigenvalue weighted by molar-refractivity contribution is 5.92. The molecule has 1 aliphatic carbocycles. The fraction of sp³-hybridized carbons (Fsp3) is 0.391. The minimum absolute atomic E-state index is 0.0282.